The van der Waals surface area contributed by atoms with Crippen LogP contribution in [0.5, 0.6) is 11.5 Å². The predicted molar refractivity (Wildman–Crippen MR) is 277 cm³/mol. The van der Waals surface area contributed by atoms with E-state index in [1.54, 1.807) is 0 Å². The molecule has 3 heteroatoms. The Kier molecular flexibility index (Phi) is 8.67. The lowest BCUT2D eigenvalue weighted by Crippen LogP contribution is -2.52. The molecule has 0 atom stereocenters. The Morgan fingerprint density at radius 3 is 1.82 bits per heavy atom. The molecule has 0 aromatic heterocycles. The van der Waals surface area contributed by atoms with Crippen molar-refractivity contribution in [3.63, 3.8) is 0 Å². The van der Waals surface area contributed by atoms with Crippen LogP contribution in [0.25, 0.3) is 76.1 Å². The van der Waals surface area contributed by atoms with Crippen LogP contribution in [-0.2, 0) is 0 Å². The molecule has 13 rings (SSSR count). The lowest BCUT2D eigenvalue weighted by Gasteiger charge is -2.30. The highest BCUT2D eigenvalue weighted by Crippen LogP contribution is 2.52. The van der Waals surface area contributed by atoms with Gasteiger partial charge in [-0.25, -0.2) is 0 Å². The van der Waals surface area contributed by atoms with Crippen molar-refractivity contribution in [1.82, 2.24) is 0 Å². The molecule has 0 amide bonds. The normalized spacial score (nSPS) is 11.8. The Morgan fingerprint density at radius 1 is 0.323 bits per heavy atom. The van der Waals surface area contributed by atoms with Crippen molar-refractivity contribution in [2.24, 2.45) is 0 Å². The molecule has 0 saturated heterocycles. The second-order valence-corrected chi connectivity index (χ2v) is 17.2. The van der Waals surface area contributed by atoms with Gasteiger partial charge in [0.25, 0.3) is 0 Å². The number of benzene rings is 12. The topological polar surface area (TPSA) is 12.5 Å². The Balaban J connectivity index is 1.02. The maximum Gasteiger partial charge on any atom is 0.242 e. The molecular weight excluding hydrogens is 785 g/mol. The van der Waals surface area contributed by atoms with Gasteiger partial charge < -0.3 is 9.64 Å². The molecule has 12 aromatic carbocycles. The van der Waals surface area contributed by atoms with Crippen LogP contribution in [0.4, 0.5) is 17.1 Å². The highest BCUT2D eigenvalue weighted by Gasteiger charge is 2.29. The number of para-hydroxylation sites is 1. The monoisotopic (exact) mass is 825 g/mol. The van der Waals surface area contributed by atoms with Gasteiger partial charge in [0.2, 0.25) is 6.71 Å². The molecule has 65 heavy (non-hydrogen) atoms. The van der Waals surface area contributed by atoms with E-state index < -0.39 is 0 Å². The van der Waals surface area contributed by atoms with Crippen LogP contribution in [0.15, 0.2) is 243 Å². The molecule has 302 valence electrons. The smallest absolute Gasteiger partial charge is 0.242 e. The van der Waals surface area contributed by atoms with Gasteiger partial charge in [-0.05, 0) is 102 Å². The summed E-state index contributed by atoms with van der Waals surface area (Å²) in [4.78, 5) is 2.38. The third-order valence-corrected chi connectivity index (χ3v) is 13.5. The number of anilines is 3. The second kappa shape index (κ2) is 15.2. The summed E-state index contributed by atoms with van der Waals surface area (Å²) in [6, 6.07) is 88.5. The number of rotatable bonds is 7. The van der Waals surface area contributed by atoms with Crippen molar-refractivity contribution < 1.29 is 4.74 Å². The Hall–Kier alpha value is -8.40. The molecule has 0 radical (unpaired) electrons. The van der Waals surface area contributed by atoms with E-state index >= 15 is 0 Å². The van der Waals surface area contributed by atoms with Gasteiger partial charge in [0.1, 0.15) is 11.5 Å². The predicted octanol–water partition coefficient (Wildman–Crippen LogP) is 14.9. The summed E-state index contributed by atoms with van der Waals surface area (Å²) in [6.45, 7) is 0.00961. The fraction of sp³-hybridized carbons (Fsp3) is 0. The maximum absolute atomic E-state index is 7.07. The summed E-state index contributed by atoms with van der Waals surface area (Å²) in [5.41, 5.74) is 11.7. The second-order valence-electron chi connectivity index (χ2n) is 17.2. The largest absolute Gasteiger partial charge is 0.456 e. The van der Waals surface area contributed by atoms with Crippen LogP contribution in [-0.4, -0.2) is 6.71 Å². The molecule has 1 aliphatic rings. The number of ether oxygens (including phenoxy) is 1. The summed E-state index contributed by atoms with van der Waals surface area (Å²) in [5, 5.41) is 12.2. The molecule has 0 unspecified atom stereocenters. The van der Waals surface area contributed by atoms with Gasteiger partial charge in [-0.3, -0.25) is 0 Å². The zero-order chi connectivity index (χ0) is 42.8. The first kappa shape index (κ1) is 37.2. The lowest BCUT2D eigenvalue weighted by atomic mass is 9.35. The van der Waals surface area contributed by atoms with Gasteiger partial charge in [-0.2, -0.15) is 0 Å². The minimum Gasteiger partial charge on any atom is -0.456 e. The molecule has 0 aliphatic carbocycles. The van der Waals surface area contributed by atoms with Crippen molar-refractivity contribution in [3.05, 3.63) is 243 Å². The average Bonchev–Trinajstić information content (AvgIpc) is 3.37. The van der Waals surface area contributed by atoms with Crippen LogP contribution < -0.4 is 26.0 Å². The quantitative estimate of drug-likeness (QED) is 0.117. The van der Waals surface area contributed by atoms with Crippen LogP contribution in [0.3, 0.4) is 0 Å². The zero-order valence-electron chi connectivity index (χ0n) is 35.5. The highest BCUT2D eigenvalue weighted by atomic mass is 16.5. The fourth-order valence-corrected chi connectivity index (χ4v) is 10.6. The van der Waals surface area contributed by atoms with Crippen molar-refractivity contribution in [3.8, 4) is 33.8 Å². The first-order chi connectivity index (χ1) is 32.2. The van der Waals surface area contributed by atoms with Gasteiger partial charge in [0.05, 0.1) is 5.69 Å². The van der Waals surface area contributed by atoms with Crippen molar-refractivity contribution in [2.75, 3.05) is 4.90 Å². The van der Waals surface area contributed by atoms with Crippen molar-refractivity contribution in [2.45, 2.75) is 0 Å². The van der Waals surface area contributed by atoms with E-state index in [9.17, 15) is 0 Å². The summed E-state index contributed by atoms with van der Waals surface area (Å²) in [6.07, 6.45) is 0. The van der Waals surface area contributed by atoms with Crippen molar-refractivity contribution in [1.29, 1.82) is 0 Å². The lowest BCUT2D eigenvalue weighted by molar-refractivity contribution is 0.487. The fourth-order valence-electron chi connectivity index (χ4n) is 10.6. The van der Waals surface area contributed by atoms with E-state index in [1.165, 1.54) is 70.4 Å². The van der Waals surface area contributed by atoms with E-state index in [-0.39, 0.29) is 6.71 Å². The molecule has 0 N–H and O–H groups in total. The first-order valence-corrected chi connectivity index (χ1v) is 22.4. The van der Waals surface area contributed by atoms with E-state index in [0.29, 0.717) is 0 Å². The summed E-state index contributed by atoms with van der Waals surface area (Å²) < 4.78 is 7.07. The summed E-state index contributed by atoms with van der Waals surface area (Å²) >= 11 is 0. The Labute approximate surface area is 378 Å². The van der Waals surface area contributed by atoms with Crippen LogP contribution in [0, 0.1) is 0 Å². The third kappa shape index (κ3) is 6.12. The Morgan fingerprint density at radius 2 is 0.954 bits per heavy atom. The molecule has 0 bridgehead atoms. The molecule has 1 heterocycles. The molecule has 12 aromatic rings. The number of hydrogen-bond acceptors (Lipinski definition) is 2. The van der Waals surface area contributed by atoms with Crippen LogP contribution in [0.1, 0.15) is 0 Å². The Bertz CT molecular complexity index is 3820. The SMILES string of the molecule is c1ccc(B(c2cccc3ccccc23)c2cc3c4cccc5c4c(cc3c3ccccc23)-c2ccc(N(c3ccc4ccccc4c3)c3ccccc3-c3ccccc3)cc2O5)cc1. The molecule has 0 saturated carbocycles. The number of hydrogen-bond donors (Lipinski definition) is 0. The minimum absolute atomic E-state index is 0.00961. The standard InChI is InChI=1S/C62H40BNO/c1-3-18-43(19-4-1)49-26-13-14-31-59(49)64(46-34-33-41-17-7-8-21-44(41)37-46)47-35-36-52-56-39-54-50-27-11-12-28-51(50)58(40-55(54)53-29-16-32-60(62(53)56)65-61(52)38-47)63(45-23-5-2-6-24-45)57-30-15-22-42-20-9-10-25-48(42)57/h1-40H. The van der Waals surface area contributed by atoms with Gasteiger partial charge >= 0.3 is 0 Å². The van der Waals surface area contributed by atoms with E-state index in [2.05, 4.69) is 248 Å². The van der Waals surface area contributed by atoms with E-state index in [0.717, 1.165) is 50.6 Å². The molecule has 1 aliphatic heterocycles. The zero-order valence-corrected chi connectivity index (χ0v) is 35.5. The average molecular weight is 826 g/mol. The van der Waals surface area contributed by atoms with Gasteiger partial charge in [-0.15, -0.1) is 0 Å². The molecular formula is C62H40BNO. The van der Waals surface area contributed by atoms with Crippen LogP contribution >= 0.6 is 0 Å². The molecule has 2 nitrogen and oxygen atoms in total. The summed E-state index contributed by atoms with van der Waals surface area (Å²) in [5.74, 6) is 1.71. The van der Waals surface area contributed by atoms with E-state index in [1.807, 2.05) is 0 Å². The van der Waals surface area contributed by atoms with Crippen LogP contribution in [0.2, 0.25) is 0 Å². The molecule has 0 fully saturated rings. The van der Waals surface area contributed by atoms with Crippen molar-refractivity contribution >= 4 is 94.0 Å². The highest BCUT2D eigenvalue weighted by molar-refractivity contribution is 6.98. The number of nitrogens with zero attached hydrogens (tertiary/aromatic N) is 1. The summed E-state index contributed by atoms with van der Waals surface area (Å²) in [7, 11) is 0. The number of fused-ring (bicyclic) bond motifs is 8. The van der Waals surface area contributed by atoms with E-state index in [4.69, 9.17) is 4.74 Å². The van der Waals surface area contributed by atoms with Gasteiger partial charge in [0, 0.05) is 34.0 Å². The maximum atomic E-state index is 7.07. The first-order valence-electron chi connectivity index (χ1n) is 22.4. The minimum atomic E-state index is 0.00961. The van der Waals surface area contributed by atoms with Gasteiger partial charge in [-0.1, -0.05) is 211 Å². The van der Waals surface area contributed by atoms with Gasteiger partial charge in [0.15, 0.2) is 0 Å². The third-order valence-electron chi connectivity index (χ3n) is 13.5. The molecule has 0 spiro atoms.